The Kier molecular flexibility index (Phi) is 5.05. The summed E-state index contributed by atoms with van der Waals surface area (Å²) in [6.07, 6.45) is -4.92. The van der Waals surface area contributed by atoms with Crippen LogP contribution in [0.3, 0.4) is 0 Å². The fraction of sp³-hybridized carbons (Fsp3) is 0.211. The number of nitro benzene ring substituents is 1. The Morgan fingerprint density at radius 1 is 1.21 bits per heavy atom. The number of fused-ring (bicyclic) bond motifs is 1. The van der Waals surface area contributed by atoms with Gasteiger partial charge < -0.3 is 14.8 Å². The van der Waals surface area contributed by atoms with E-state index in [1.807, 2.05) is 0 Å². The first-order valence-electron chi connectivity index (χ1n) is 8.32. The van der Waals surface area contributed by atoms with E-state index in [1.54, 1.807) is 18.2 Å². The number of aromatic nitrogens is 1. The number of alkyl halides is 3. The van der Waals surface area contributed by atoms with Gasteiger partial charge in [-0.1, -0.05) is 18.2 Å². The monoisotopic (exact) mass is 408 g/mol. The lowest BCUT2D eigenvalue weighted by atomic mass is 10.0. The number of hydrogen-bond acceptors (Lipinski definition) is 5. The second kappa shape index (κ2) is 7.21. The van der Waals surface area contributed by atoms with E-state index < -0.39 is 40.5 Å². The van der Waals surface area contributed by atoms with Gasteiger partial charge in [-0.05, 0) is 31.2 Å². The molecule has 2 aromatic carbocycles. The summed E-state index contributed by atoms with van der Waals surface area (Å²) >= 11 is 0. The van der Waals surface area contributed by atoms with Crippen LogP contribution in [0.2, 0.25) is 0 Å². The highest BCUT2D eigenvalue weighted by molar-refractivity contribution is 5.89. The third kappa shape index (κ3) is 4.21. The minimum atomic E-state index is -4.92. The zero-order valence-corrected chi connectivity index (χ0v) is 15.0. The number of aromatic amines is 1. The minimum absolute atomic E-state index is 0.0435. The van der Waals surface area contributed by atoms with Crippen molar-refractivity contribution in [2.75, 3.05) is 6.61 Å². The van der Waals surface area contributed by atoms with E-state index in [0.29, 0.717) is 6.07 Å². The molecule has 0 radical (unpaired) electrons. The average Bonchev–Trinajstić information content (AvgIpc) is 3.09. The summed E-state index contributed by atoms with van der Waals surface area (Å²) in [7, 11) is 0. The van der Waals surface area contributed by atoms with Crippen molar-refractivity contribution >= 4 is 22.6 Å². The van der Waals surface area contributed by atoms with Gasteiger partial charge in [0.05, 0.1) is 16.2 Å². The van der Waals surface area contributed by atoms with Gasteiger partial charge in [0.15, 0.2) is 0 Å². The number of halogens is 3. The Morgan fingerprint density at radius 3 is 2.45 bits per heavy atom. The van der Waals surface area contributed by atoms with Crippen LogP contribution >= 0.6 is 0 Å². The zero-order valence-electron chi connectivity index (χ0n) is 15.0. The second-order valence-electron chi connectivity index (χ2n) is 6.61. The van der Waals surface area contributed by atoms with Crippen molar-refractivity contribution in [2.24, 2.45) is 0 Å². The van der Waals surface area contributed by atoms with Crippen molar-refractivity contribution in [3.8, 4) is 0 Å². The molecule has 7 nitrogen and oxygen atoms in total. The van der Waals surface area contributed by atoms with E-state index in [2.05, 4.69) is 4.98 Å². The average molecular weight is 408 g/mol. The van der Waals surface area contributed by atoms with Crippen molar-refractivity contribution in [1.29, 1.82) is 0 Å². The van der Waals surface area contributed by atoms with E-state index in [-0.39, 0.29) is 22.2 Å². The number of carbonyl (C=O) groups excluding carboxylic acids is 1. The van der Waals surface area contributed by atoms with Crippen LogP contribution in [0.4, 0.5) is 18.9 Å². The normalized spacial score (nSPS) is 13.8. The minimum Gasteiger partial charge on any atom is -0.459 e. The summed E-state index contributed by atoms with van der Waals surface area (Å²) in [5, 5.41) is 21.7. The molecule has 0 saturated heterocycles. The molecule has 1 atom stereocenters. The van der Waals surface area contributed by atoms with Gasteiger partial charge in [0.1, 0.15) is 17.8 Å². The molecule has 0 aliphatic carbocycles. The fourth-order valence-electron chi connectivity index (χ4n) is 2.78. The molecule has 29 heavy (non-hydrogen) atoms. The predicted molar refractivity (Wildman–Crippen MR) is 96.3 cm³/mol. The maximum atomic E-state index is 13.1. The molecule has 0 spiro atoms. The second-order valence-corrected chi connectivity index (χ2v) is 6.61. The molecule has 0 aliphatic heterocycles. The molecule has 2 N–H and O–H groups in total. The van der Waals surface area contributed by atoms with Gasteiger partial charge in [0.25, 0.3) is 5.69 Å². The highest BCUT2D eigenvalue weighted by Crippen LogP contribution is 2.39. The number of esters is 1. The van der Waals surface area contributed by atoms with Crippen molar-refractivity contribution < 1.29 is 32.7 Å². The number of carbonyl (C=O) groups is 1. The highest BCUT2D eigenvalue weighted by Gasteiger charge is 2.39. The Morgan fingerprint density at radius 2 is 1.86 bits per heavy atom. The molecule has 1 aromatic heterocycles. The van der Waals surface area contributed by atoms with Gasteiger partial charge in [0, 0.05) is 17.0 Å². The lowest BCUT2D eigenvalue weighted by Gasteiger charge is -2.21. The first-order valence-corrected chi connectivity index (χ1v) is 8.32. The van der Waals surface area contributed by atoms with Gasteiger partial charge in [-0.15, -0.1) is 0 Å². The first-order chi connectivity index (χ1) is 13.5. The molecular formula is C19H15F3N2O5. The number of nitrogens with zero attached hydrogens (tertiary/aromatic N) is 1. The molecule has 1 heterocycles. The number of nitro groups is 1. The molecule has 0 aliphatic rings. The highest BCUT2D eigenvalue weighted by atomic mass is 19.4. The molecule has 152 valence electrons. The quantitative estimate of drug-likeness (QED) is 0.375. The Hall–Kier alpha value is -3.40. The molecule has 0 saturated carbocycles. The number of benzene rings is 2. The molecular weight excluding hydrogens is 393 g/mol. The molecule has 0 amide bonds. The Bertz CT molecular complexity index is 1070. The van der Waals surface area contributed by atoms with E-state index in [0.717, 1.165) is 6.07 Å². The maximum absolute atomic E-state index is 13.1. The molecule has 0 fully saturated rings. The lowest BCUT2D eigenvalue weighted by molar-refractivity contribution is -0.387. The third-order valence-corrected chi connectivity index (χ3v) is 4.31. The lowest BCUT2D eigenvalue weighted by Crippen LogP contribution is -2.29. The predicted octanol–water partition coefficient (Wildman–Crippen LogP) is 4.16. The van der Waals surface area contributed by atoms with Crippen molar-refractivity contribution in [3.05, 3.63) is 75.5 Å². The molecule has 0 bridgehead atoms. The molecule has 3 aromatic rings. The summed E-state index contributed by atoms with van der Waals surface area (Å²) in [6, 6.07) is 10.7. The summed E-state index contributed by atoms with van der Waals surface area (Å²) < 4.78 is 44.5. The van der Waals surface area contributed by atoms with Crippen LogP contribution in [-0.2, 0) is 16.5 Å². The SMILES string of the molecule is CC(O)(COC(=O)c1ccccc1)c1cc2cc([N+](=O)[O-])c(C(F)(F)F)cc2[nH]1. The van der Waals surface area contributed by atoms with Crippen LogP contribution in [-0.4, -0.2) is 27.6 Å². The summed E-state index contributed by atoms with van der Waals surface area (Å²) in [5.74, 6) is -0.683. The van der Waals surface area contributed by atoms with Crippen LogP contribution < -0.4 is 0 Å². The van der Waals surface area contributed by atoms with Crippen LogP contribution in [0.25, 0.3) is 10.9 Å². The molecule has 10 heteroatoms. The maximum Gasteiger partial charge on any atom is 0.423 e. The third-order valence-electron chi connectivity index (χ3n) is 4.31. The van der Waals surface area contributed by atoms with Crippen molar-refractivity contribution in [3.63, 3.8) is 0 Å². The number of nitrogens with one attached hydrogen (secondary N) is 1. The van der Waals surface area contributed by atoms with Crippen molar-refractivity contribution in [2.45, 2.75) is 18.7 Å². The summed E-state index contributed by atoms with van der Waals surface area (Å²) in [5.41, 5.74) is -4.00. The van der Waals surface area contributed by atoms with E-state index in [9.17, 15) is 33.2 Å². The fourth-order valence-corrected chi connectivity index (χ4v) is 2.78. The zero-order chi connectivity index (χ0) is 21.4. The summed E-state index contributed by atoms with van der Waals surface area (Å²) in [6.45, 7) is 0.816. The van der Waals surface area contributed by atoms with Crippen LogP contribution in [0, 0.1) is 10.1 Å². The number of ether oxygens (including phenoxy) is 1. The smallest absolute Gasteiger partial charge is 0.423 e. The number of aliphatic hydroxyl groups is 1. The standard InChI is InChI=1S/C19H15F3N2O5/c1-18(26,10-29-17(25)11-5-3-2-4-6-11)16-8-12-7-15(24(27)28)13(19(20,21)22)9-14(12)23-16/h2-9,23,26H,10H2,1H3. The van der Waals surface area contributed by atoms with Crippen LogP contribution in [0.15, 0.2) is 48.5 Å². The molecule has 1 unspecified atom stereocenters. The van der Waals surface area contributed by atoms with Gasteiger partial charge in [-0.3, -0.25) is 10.1 Å². The van der Waals surface area contributed by atoms with Crippen LogP contribution in [0.5, 0.6) is 0 Å². The number of H-pyrrole nitrogens is 1. The number of rotatable bonds is 5. The molecule has 3 rings (SSSR count). The van der Waals surface area contributed by atoms with Gasteiger partial charge in [-0.25, -0.2) is 4.79 Å². The van der Waals surface area contributed by atoms with E-state index in [4.69, 9.17) is 4.74 Å². The van der Waals surface area contributed by atoms with Gasteiger partial charge in [0.2, 0.25) is 0 Å². The van der Waals surface area contributed by atoms with Crippen LogP contribution in [0.1, 0.15) is 28.5 Å². The van der Waals surface area contributed by atoms with Gasteiger partial charge in [-0.2, -0.15) is 13.2 Å². The van der Waals surface area contributed by atoms with Gasteiger partial charge >= 0.3 is 12.1 Å². The topological polar surface area (TPSA) is 105 Å². The number of hydrogen-bond donors (Lipinski definition) is 2. The summed E-state index contributed by atoms with van der Waals surface area (Å²) in [4.78, 5) is 24.5. The first kappa shape index (κ1) is 20.3. The van der Waals surface area contributed by atoms with E-state index >= 15 is 0 Å². The van der Waals surface area contributed by atoms with Crippen molar-refractivity contribution in [1.82, 2.24) is 4.98 Å². The largest absolute Gasteiger partial charge is 0.459 e. The Balaban J connectivity index is 1.90. The van der Waals surface area contributed by atoms with E-state index in [1.165, 1.54) is 25.1 Å². The Labute approximate surface area is 161 Å².